The second-order valence-corrected chi connectivity index (χ2v) is 4.81. The number of aliphatic hydroxyl groups is 1. The number of aliphatic hydroxyl groups excluding tert-OH is 1. The maximum absolute atomic E-state index is 11.4. The van der Waals surface area contributed by atoms with Crippen molar-refractivity contribution >= 4 is 22.4 Å². The second-order valence-electron chi connectivity index (χ2n) is 3.95. The van der Waals surface area contributed by atoms with Gasteiger partial charge in [0.05, 0.1) is 11.8 Å². The number of nitrogens with zero attached hydrogens (tertiary/aromatic N) is 1. The maximum Gasteiger partial charge on any atom is 0.226 e. The Morgan fingerprint density at radius 2 is 2.53 bits per heavy atom. The van der Waals surface area contributed by atoms with Gasteiger partial charge in [0.2, 0.25) is 5.91 Å². The Kier molecular flexibility index (Phi) is 3.02. The number of aromatic nitrogens is 1. The molecule has 0 spiro atoms. The summed E-state index contributed by atoms with van der Waals surface area (Å²) in [6.45, 7) is 1.66. The van der Waals surface area contributed by atoms with Crippen LogP contribution in [0.25, 0.3) is 0 Å². The predicted octanol–water partition coefficient (Wildman–Crippen LogP) is 1.93. The molecule has 1 aromatic rings. The van der Waals surface area contributed by atoms with Gasteiger partial charge < -0.3 is 10.4 Å². The fraction of sp³-hybridized carbons (Fsp3) is 0.600. The smallest absolute Gasteiger partial charge is 0.226 e. The van der Waals surface area contributed by atoms with Crippen LogP contribution in [0.1, 0.15) is 38.0 Å². The monoisotopic (exact) mass is 226 g/mol. The van der Waals surface area contributed by atoms with Crippen molar-refractivity contribution in [1.82, 2.24) is 4.98 Å². The van der Waals surface area contributed by atoms with Crippen molar-refractivity contribution in [3.63, 3.8) is 0 Å². The van der Waals surface area contributed by atoms with Gasteiger partial charge in [-0.1, -0.05) is 0 Å². The van der Waals surface area contributed by atoms with Crippen molar-refractivity contribution < 1.29 is 9.90 Å². The topological polar surface area (TPSA) is 62.2 Å². The summed E-state index contributed by atoms with van der Waals surface area (Å²) in [7, 11) is 0. The Balaban J connectivity index is 1.88. The van der Waals surface area contributed by atoms with Gasteiger partial charge in [-0.2, -0.15) is 0 Å². The lowest BCUT2D eigenvalue weighted by atomic mass is 10.3. The van der Waals surface area contributed by atoms with E-state index in [4.69, 9.17) is 0 Å². The molecule has 15 heavy (non-hydrogen) atoms. The van der Waals surface area contributed by atoms with Gasteiger partial charge in [0.15, 0.2) is 5.13 Å². The summed E-state index contributed by atoms with van der Waals surface area (Å²) in [6, 6.07) is 0. The molecule has 0 radical (unpaired) electrons. The van der Waals surface area contributed by atoms with Crippen molar-refractivity contribution in [2.45, 2.75) is 32.3 Å². The molecule has 0 saturated heterocycles. The highest BCUT2D eigenvalue weighted by Gasteiger charge is 2.24. The zero-order valence-corrected chi connectivity index (χ0v) is 9.38. The average Bonchev–Trinajstić information content (AvgIpc) is 2.82. The van der Waals surface area contributed by atoms with Gasteiger partial charge in [0.25, 0.3) is 0 Å². The molecule has 2 rings (SSSR count). The number of hydrogen-bond acceptors (Lipinski definition) is 4. The summed E-state index contributed by atoms with van der Waals surface area (Å²) < 4.78 is 0. The van der Waals surface area contributed by atoms with E-state index in [1.165, 1.54) is 24.2 Å². The van der Waals surface area contributed by atoms with Crippen molar-refractivity contribution in [1.29, 1.82) is 0 Å². The molecule has 1 aliphatic carbocycles. The SMILES string of the molecule is CC(O)c1csc(NC(=O)CC2CC2)n1. The number of thiazole rings is 1. The third-order valence-corrected chi connectivity index (χ3v) is 3.14. The van der Waals surface area contributed by atoms with Crippen LogP contribution in [0.3, 0.4) is 0 Å². The second kappa shape index (κ2) is 4.28. The molecule has 1 heterocycles. The van der Waals surface area contributed by atoms with Crippen LogP contribution < -0.4 is 5.32 Å². The number of carbonyl (C=O) groups excluding carboxylic acids is 1. The van der Waals surface area contributed by atoms with E-state index in [1.807, 2.05) is 0 Å². The normalized spacial score (nSPS) is 17.5. The molecule has 1 saturated carbocycles. The van der Waals surface area contributed by atoms with E-state index in [2.05, 4.69) is 10.3 Å². The minimum absolute atomic E-state index is 0.0315. The van der Waals surface area contributed by atoms with E-state index < -0.39 is 6.10 Å². The van der Waals surface area contributed by atoms with Crippen molar-refractivity contribution in [2.24, 2.45) is 5.92 Å². The number of carbonyl (C=O) groups is 1. The van der Waals surface area contributed by atoms with Gasteiger partial charge in [0.1, 0.15) is 0 Å². The Morgan fingerprint density at radius 1 is 1.80 bits per heavy atom. The van der Waals surface area contributed by atoms with E-state index in [-0.39, 0.29) is 5.91 Å². The quantitative estimate of drug-likeness (QED) is 0.824. The van der Waals surface area contributed by atoms with Crippen molar-refractivity contribution in [3.05, 3.63) is 11.1 Å². The van der Waals surface area contributed by atoms with E-state index in [1.54, 1.807) is 12.3 Å². The van der Waals surface area contributed by atoms with Crippen LogP contribution in [0, 0.1) is 5.92 Å². The first-order chi connectivity index (χ1) is 7.15. The molecule has 1 atom stereocenters. The Morgan fingerprint density at radius 3 is 3.07 bits per heavy atom. The third kappa shape index (κ3) is 3.00. The van der Waals surface area contributed by atoms with Gasteiger partial charge in [-0.15, -0.1) is 11.3 Å². The molecule has 0 aromatic carbocycles. The first kappa shape index (κ1) is 10.6. The van der Waals surface area contributed by atoms with Gasteiger partial charge in [-0.25, -0.2) is 4.98 Å². The lowest BCUT2D eigenvalue weighted by Crippen LogP contribution is -2.11. The predicted molar refractivity (Wildman–Crippen MR) is 58.7 cm³/mol. The molecule has 5 heteroatoms. The third-order valence-electron chi connectivity index (χ3n) is 2.37. The van der Waals surface area contributed by atoms with Gasteiger partial charge in [-0.05, 0) is 25.7 Å². The Hall–Kier alpha value is -0.940. The van der Waals surface area contributed by atoms with E-state index in [9.17, 15) is 9.90 Å². The van der Waals surface area contributed by atoms with Crippen LogP contribution in [0.5, 0.6) is 0 Å². The zero-order valence-electron chi connectivity index (χ0n) is 8.56. The van der Waals surface area contributed by atoms with Crippen molar-refractivity contribution in [3.8, 4) is 0 Å². The number of rotatable bonds is 4. The molecular formula is C10H14N2O2S. The lowest BCUT2D eigenvalue weighted by Gasteiger charge is -2.00. The molecule has 1 amide bonds. The molecule has 1 unspecified atom stereocenters. The van der Waals surface area contributed by atoms with Crippen LogP contribution in [0.15, 0.2) is 5.38 Å². The standard InChI is InChI=1S/C10H14N2O2S/c1-6(13)8-5-15-10(11-8)12-9(14)4-7-2-3-7/h5-7,13H,2-4H2,1H3,(H,11,12,14). The highest BCUT2D eigenvalue weighted by molar-refractivity contribution is 7.13. The van der Waals surface area contributed by atoms with Gasteiger partial charge in [-0.3, -0.25) is 4.79 Å². The van der Waals surface area contributed by atoms with Gasteiger partial charge in [0, 0.05) is 11.8 Å². The maximum atomic E-state index is 11.4. The molecule has 1 aromatic heterocycles. The van der Waals surface area contributed by atoms with Gasteiger partial charge >= 0.3 is 0 Å². The summed E-state index contributed by atoms with van der Waals surface area (Å²) in [5.41, 5.74) is 0.613. The fourth-order valence-corrected chi connectivity index (χ4v) is 2.10. The number of nitrogens with one attached hydrogen (secondary N) is 1. The van der Waals surface area contributed by atoms with E-state index >= 15 is 0 Å². The highest BCUT2D eigenvalue weighted by Crippen LogP contribution is 2.32. The summed E-state index contributed by atoms with van der Waals surface area (Å²) in [5.74, 6) is 0.616. The van der Waals surface area contributed by atoms with Crippen LogP contribution in [-0.4, -0.2) is 16.0 Å². The molecule has 2 N–H and O–H groups in total. The molecule has 82 valence electrons. The summed E-state index contributed by atoms with van der Waals surface area (Å²) in [4.78, 5) is 15.5. The Bertz CT molecular complexity index is 358. The molecular weight excluding hydrogens is 212 g/mol. The zero-order chi connectivity index (χ0) is 10.8. The number of amides is 1. The average molecular weight is 226 g/mol. The van der Waals surface area contributed by atoms with E-state index in [0.717, 1.165) is 0 Å². The molecule has 4 nitrogen and oxygen atoms in total. The highest BCUT2D eigenvalue weighted by atomic mass is 32.1. The largest absolute Gasteiger partial charge is 0.387 e. The molecule has 0 aliphatic heterocycles. The Labute approximate surface area is 92.3 Å². The molecule has 1 aliphatic rings. The van der Waals surface area contributed by atoms with Crippen LogP contribution >= 0.6 is 11.3 Å². The first-order valence-electron chi connectivity index (χ1n) is 5.08. The lowest BCUT2D eigenvalue weighted by molar-refractivity contribution is -0.116. The van der Waals surface area contributed by atoms with Crippen LogP contribution in [-0.2, 0) is 4.79 Å². The minimum Gasteiger partial charge on any atom is -0.387 e. The summed E-state index contributed by atoms with van der Waals surface area (Å²) in [6.07, 6.45) is 2.37. The number of hydrogen-bond donors (Lipinski definition) is 2. The van der Waals surface area contributed by atoms with Crippen molar-refractivity contribution in [2.75, 3.05) is 5.32 Å². The van der Waals surface area contributed by atoms with Crippen LogP contribution in [0.2, 0.25) is 0 Å². The summed E-state index contributed by atoms with van der Waals surface area (Å²) in [5, 5.41) is 14.3. The van der Waals surface area contributed by atoms with E-state index in [0.29, 0.717) is 23.2 Å². The molecule has 0 bridgehead atoms. The first-order valence-corrected chi connectivity index (χ1v) is 5.96. The minimum atomic E-state index is -0.574. The summed E-state index contributed by atoms with van der Waals surface area (Å²) >= 11 is 1.35. The van der Waals surface area contributed by atoms with Crippen LogP contribution in [0.4, 0.5) is 5.13 Å². The fourth-order valence-electron chi connectivity index (χ4n) is 1.29. The number of anilines is 1. The molecule has 1 fully saturated rings.